The summed E-state index contributed by atoms with van der Waals surface area (Å²) in [6.07, 6.45) is 2.74. The lowest BCUT2D eigenvalue weighted by molar-refractivity contribution is 0.0903. The zero-order valence-corrected chi connectivity index (χ0v) is 15.8. The molecule has 0 spiro atoms. The van der Waals surface area contributed by atoms with Gasteiger partial charge in [-0.15, -0.1) is 0 Å². The van der Waals surface area contributed by atoms with Crippen LogP contribution in [0, 0.1) is 6.92 Å². The van der Waals surface area contributed by atoms with Crippen molar-refractivity contribution in [1.82, 2.24) is 14.9 Å². The number of aryl methyl sites for hydroxylation is 1. The molecule has 2 amide bonds. The molecule has 3 rings (SSSR count). The summed E-state index contributed by atoms with van der Waals surface area (Å²) in [5, 5.41) is 5.84. The van der Waals surface area contributed by atoms with Crippen LogP contribution in [0.4, 0.5) is 5.69 Å². The molecule has 0 fully saturated rings. The summed E-state index contributed by atoms with van der Waals surface area (Å²) in [7, 11) is 0. The molecule has 2 aromatic rings. The van der Waals surface area contributed by atoms with Crippen LogP contribution >= 0.6 is 0 Å². The van der Waals surface area contributed by atoms with Crippen LogP contribution in [-0.2, 0) is 13.0 Å². The van der Waals surface area contributed by atoms with Crippen molar-refractivity contribution in [3.63, 3.8) is 0 Å². The van der Waals surface area contributed by atoms with E-state index in [9.17, 15) is 9.59 Å². The van der Waals surface area contributed by atoms with Gasteiger partial charge in [0.25, 0.3) is 11.8 Å². The third-order valence-corrected chi connectivity index (χ3v) is 4.30. The molecular formula is C20H26N4O2. The lowest BCUT2D eigenvalue weighted by atomic mass is 10.1. The predicted octanol–water partition coefficient (Wildman–Crippen LogP) is 3.31. The fourth-order valence-corrected chi connectivity index (χ4v) is 3.21. The van der Waals surface area contributed by atoms with E-state index in [1.807, 2.05) is 56.5 Å². The normalized spacial score (nSPS) is 13.8. The molecule has 6 nitrogen and oxygen atoms in total. The molecule has 0 saturated carbocycles. The minimum Gasteiger partial charge on any atom is -0.345 e. The molecule has 26 heavy (non-hydrogen) atoms. The van der Waals surface area contributed by atoms with Crippen molar-refractivity contribution in [2.24, 2.45) is 0 Å². The SMILES string of the molecule is Cc1cccc(NC(=O)c2nc(C(=O)NC(C)(C)C)n3c2CCCC3)c1. The highest BCUT2D eigenvalue weighted by Crippen LogP contribution is 2.23. The summed E-state index contributed by atoms with van der Waals surface area (Å²) in [4.78, 5) is 29.9. The highest BCUT2D eigenvalue weighted by Gasteiger charge is 2.28. The van der Waals surface area contributed by atoms with Crippen molar-refractivity contribution in [3.8, 4) is 0 Å². The first-order valence-corrected chi connectivity index (χ1v) is 9.04. The number of carbonyl (C=O) groups excluding carboxylic acids is 2. The quantitative estimate of drug-likeness (QED) is 0.888. The number of benzene rings is 1. The van der Waals surface area contributed by atoms with Gasteiger partial charge in [0.2, 0.25) is 0 Å². The van der Waals surface area contributed by atoms with Crippen molar-refractivity contribution >= 4 is 17.5 Å². The Bertz CT molecular complexity index is 846. The first-order valence-electron chi connectivity index (χ1n) is 9.04. The number of aromatic nitrogens is 2. The Labute approximate surface area is 154 Å². The lowest BCUT2D eigenvalue weighted by Gasteiger charge is -2.22. The Balaban J connectivity index is 1.92. The topological polar surface area (TPSA) is 76.0 Å². The summed E-state index contributed by atoms with van der Waals surface area (Å²) in [5.74, 6) is -0.185. The maximum absolute atomic E-state index is 12.8. The van der Waals surface area contributed by atoms with Crippen LogP contribution in [-0.4, -0.2) is 26.9 Å². The Hall–Kier alpha value is -2.63. The van der Waals surface area contributed by atoms with E-state index in [1.165, 1.54) is 0 Å². The monoisotopic (exact) mass is 354 g/mol. The fraction of sp³-hybridized carbons (Fsp3) is 0.450. The molecule has 1 aliphatic heterocycles. The predicted molar refractivity (Wildman–Crippen MR) is 102 cm³/mol. The van der Waals surface area contributed by atoms with Crippen molar-refractivity contribution in [3.05, 3.63) is 47.0 Å². The standard InChI is InChI=1S/C20H26N4O2/c1-13-8-7-9-14(12-13)21-18(25)16-15-10-5-6-11-24(15)17(22-16)19(26)23-20(2,3)4/h7-9,12H,5-6,10-11H2,1-4H3,(H,21,25)(H,23,26). The number of imidazole rings is 1. The second kappa shape index (κ2) is 6.94. The van der Waals surface area contributed by atoms with Gasteiger partial charge in [-0.3, -0.25) is 9.59 Å². The summed E-state index contributed by atoms with van der Waals surface area (Å²) in [6.45, 7) is 8.47. The van der Waals surface area contributed by atoms with Gasteiger partial charge < -0.3 is 15.2 Å². The zero-order valence-electron chi connectivity index (χ0n) is 15.8. The van der Waals surface area contributed by atoms with Gasteiger partial charge in [0.1, 0.15) is 0 Å². The Kier molecular flexibility index (Phi) is 4.85. The summed E-state index contributed by atoms with van der Waals surface area (Å²) < 4.78 is 1.90. The van der Waals surface area contributed by atoms with E-state index in [-0.39, 0.29) is 17.4 Å². The van der Waals surface area contributed by atoms with Crippen LogP contribution in [0.2, 0.25) is 0 Å². The van der Waals surface area contributed by atoms with Crippen molar-refractivity contribution in [2.45, 2.75) is 59.0 Å². The van der Waals surface area contributed by atoms with Gasteiger partial charge in [-0.2, -0.15) is 0 Å². The van der Waals surface area contributed by atoms with Crippen molar-refractivity contribution < 1.29 is 9.59 Å². The largest absolute Gasteiger partial charge is 0.345 e. The number of rotatable bonds is 3. The number of hydrogen-bond donors (Lipinski definition) is 2. The maximum Gasteiger partial charge on any atom is 0.287 e. The zero-order chi connectivity index (χ0) is 18.9. The Morgan fingerprint density at radius 2 is 1.92 bits per heavy atom. The van der Waals surface area contributed by atoms with E-state index >= 15 is 0 Å². The second-order valence-corrected chi connectivity index (χ2v) is 7.87. The Morgan fingerprint density at radius 3 is 2.62 bits per heavy atom. The summed E-state index contributed by atoms with van der Waals surface area (Å²) >= 11 is 0. The van der Waals surface area contributed by atoms with Gasteiger partial charge in [0.05, 0.1) is 5.69 Å². The smallest absolute Gasteiger partial charge is 0.287 e. The molecule has 138 valence electrons. The highest BCUT2D eigenvalue weighted by molar-refractivity contribution is 6.05. The highest BCUT2D eigenvalue weighted by atomic mass is 16.2. The molecule has 2 heterocycles. The second-order valence-electron chi connectivity index (χ2n) is 7.87. The van der Waals surface area contributed by atoms with E-state index in [4.69, 9.17) is 0 Å². The van der Waals surface area contributed by atoms with E-state index < -0.39 is 0 Å². The first kappa shape index (κ1) is 18.2. The molecule has 0 unspecified atom stereocenters. The van der Waals surface area contributed by atoms with Crippen LogP contribution in [0.1, 0.15) is 66.0 Å². The van der Waals surface area contributed by atoms with Crippen LogP contribution in [0.15, 0.2) is 24.3 Å². The average Bonchev–Trinajstić information content (AvgIpc) is 2.93. The molecule has 0 bridgehead atoms. The number of anilines is 1. The van der Waals surface area contributed by atoms with Gasteiger partial charge in [0.15, 0.2) is 11.5 Å². The molecule has 0 saturated heterocycles. The summed E-state index contributed by atoms with van der Waals surface area (Å²) in [6, 6.07) is 7.63. The molecule has 0 radical (unpaired) electrons. The van der Waals surface area contributed by atoms with Crippen LogP contribution in [0.25, 0.3) is 0 Å². The van der Waals surface area contributed by atoms with Gasteiger partial charge >= 0.3 is 0 Å². The first-order chi connectivity index (χ1) is 12.2. The number of nitrogens with zero attached hydrogens (tertiary/aromatic N) is 2. The van der Waals surface area contributed by atoms with E-state index in [0.29, 0.717) is 18.1 Å². The van der Waals surface area contributed by atoms with Gasteiger partial charge in [-0.1, -0.05) is 12.1 Å². The van der Waals surface area contributed by atoms with Crippen LogP contribution in [0.5, 0.6) is 0 Å². The van der Waals surface area contributed by atoms with Gasteiger partial charge in [-0.25, -0.2) is 4.98 Å². The molecule has 1 aromatic carbocycles. The fourth-order valence-electron chi connectivity index (χ4n) is 3.21. The molecule has 0 aliphatic carbocycles. The third kappa shape index (κ3) is 3.95. The van der Waals surface area contributed by atoms with Crippen LogP contribution < -0.4 is 10.6 Å². The van der Waals surface area contributed by atoms with Crippen molar-refractivity contribution in [1.29, 1.82) is 0 Å². The number of fused-ring (bicyclic) bond motifs is 1. The van der Waals surface area contributed by atoms with E-state index in [0.717, 1.165) is 36.2 Å². The maximum atomic E-state index is 12.8. The van der Waals surface area contributed by atoms with Gasteiger partial charge in [0, 0.05) is 17.8 Å². The lowest BCUT2D eigenvalue weighted by Crippen LogP contribution is -2.42. The molecule has 6 heteroatoms. The average molecular weight is 354 g/mol. The molecular weight excluding hydrogens is 328 g/mol. The van der Waals surface area contributed by atoms with Crippen LogP contribution in [0.3, 0.4) is 0 Å². The Morgan fingerprint density at radius 1 is 1.15 bits per heavy atom. The van der Waals surface area contributed by atoms with E-state index in [1.54, 1.807) is 0 Å². The number of carbonyl (C=O) groups is 2. The summed E-state index contributed by atoms with van der Waals surface area (Å²) in [5.41, 5.74) is 2.64. The van der Waals surface area contributed by atoms with Gasteiger partial charge in [-0.05, 0) is 64.7 Å². The number of amides is 2. The molecule has 1 aromatic heterocycles. The molecule has 1 aliphatic rings. The number of nitrogens with one attached hydrogen (secondary N) is 2. The molecule has 0 atom stereocenters. The number of hydrogen-bond acceptors (Lipinski definition) is 3. The molecule has 2 N–H and O–H groups in total. The minimum absolute atomic E-state index is 0.241. The van der Waals surface area contributed by atoms with Crippen molar-refractivity contribution in [2.75, 3.05) is 5.32 Å². The third-order valence-electron chi connectivity index (χ3n) is 4.30. The minimum atomic E-state index is -0.359. The van der Waals surface area contributed by atoms with E-state index in [2.05, 4.69) is 15.6 Å².